The fourth-order valence-corrected chi connectivity index (χ4v) is 1.94. The molecule has 0 radical (unpaired) electrons. The maximum absolute atomic E-state index is 11.7. The highest BCUT2D eigenvalue weighted by atomic mass is 19.4. The van der Waals surface area contributed by atoms with E-state index in [0.29, 0.717) is 11.3 Å². The molecule has 132 valence electrons. The summed E-state index contributed by atoms with van der Waals surface area (Å²) in [5, 5.41) is 1.71. The molecule has 0 aliphatic rings. The topological polar surface area (TPSA) is 93.9 Å². The molecule has 3 N–H and O–H groups in total. The SMILES string of the molecule is Cc1ccncc1OCC(F)(F)F.NC(=O)c1nccc2c[nH]cc12. The van der Waals surface area contributed by atoms with Gasteiger partial charge in [0.1, 0.15) is 11.4 Å². The number of nitrogens with two attached hydrogens (primary N) is 1. The standard InChI is InChI=1S/C8H8F3NO.C8H7N3O/c1-6-2-3-12-4-7(6)13-5-8(9,10)11;9-8(12)7-6-4-10-3-5(6)1-2-11-7/h2-4H,5H2,1H3;1-4,10H,(H2,9,12). The van der Waals surface area contributed by atoms with Crippen LogP contribution >= 0.6 is 0 Å². The Kier molecular flexibility index (Phi) is 5.58. The third-order valence-corrected chi connectivity index (χ3v) is 3.11. The van der Waals surface area contributed by atoms with Gasteiger partial charge in [-0.05, 0) is 24.6 Å². The Labute approximate surface area is 140 Å². The van der Waals surface area contributed by atoms with E-state index in [1.54, 1.807) is 31.6 Å². The van der Waals surface area contributed by atoms with Gasteiger partial charge in [-0.1, -0.05) is 0 Å². The minimum atomic E-state index is -4.30. The predicted molar refractivity (Wildman–Crippen MR) is 85.1 cm³/mol. The first kappa shape index (κ1) is 18.2. The van der Waals surface area contributed by atoms with E-state index < -0.39 is 18.7 Å². The van der Waals surface area contributed by atoms with E-state index in [-0.39, 0.29) is 5.75 Å². The fourth-order valence-electron chi connectivity index (χ4n) is 1.94. The number of carbonyl (C=O) groups is 1. The summed E-state index contributed by atoms with van der Waals surface area (Å²) in [7, 11) is 0. The Hall–Kier alpha value is -3.10. The number of ether oxygens (including phenoxy) is 1. The van der Waals surface area contributed by atoms with Crippen LogP contribution in [0.3, 0.4) is 0 Å². The van der Waals surface area contributed by atoms with Gasteiger partial charge in [-0.15, -0.1) is 0 Å². The molecular formula is C16H15F3N4O2. The van der Waals surface area contributed by atoms with Gasteiger partial charge in [-0.25, -0.2) is 0 Å². The number of aryl methyl sites for hydroxylation is 1. The van der Waals surface area contributed by atoms with Crippen molar-refractivity contribution in [2.75, 3.05) is 6.61 Å². The number of halogens is 3. The predicted octanol–water partition coefficient (Wildman–Crippen LogP) is 2.99. The van der Waals surface area contributed by atoms with Gasteiger partial charge in [0.05, 0.1) is 6.20 Å². The van der Waals surface area contributed by atoms with Crippen LogP contribution in [0.1, 0.15) is 16.1 Å². The zero-order valence-electron chi connectivity index (χ0n) is 13.2. The zero-order chi connectivity index (χ0) is 18.4. The Morgan fingerprint density at radius 2 is 2.04 bits per heavy atom. The first-order valence-corrected chi connectivity index (χ1v) is 7.09. The Morgan fingerprint density at radius 1 is 1.28 bits per heavy atom. The normalized spacial score (nSPS) is 10.9. The minimum absolute atomic E-state index is 0.167. The molecule has 0 spiro atoms. The third-order valence-electron chi connectivity index (χ3n) is 3.11. The van der Waals surface area contributed by atoms with E-state index in [0.717, 1.165) is 10.8 Å². The Morgan fingerprint density at radius 3 is 2.68 bits per heavy atom. The van der Waals surface area contributed by atoms with Crippen LogP contribution in [0.15, 0.2) is 43.1 Å². The number of alkyl halides is 3. The van der Waals surface area contributed by atoms with Crippen LogP contribution in [0.2, 0.25) is 0 Å². The molecule has 3 heterocycles. The van der Waals surface area contributed by atoms with Crippen molar-refractivity contribution in [2.24, 2.45) is 5.73 Å². The van der Waals surface area contributed by atoms with E-state index >= 15 is 0 Å². The van der Waals surface area contributed by atoms with Crippen LogP contribution in [-0.4, -0.2) is 33.6 Å². The quantitative estimate of drug-likeness (QED) is 0.758. The van der Waals surface area contributed by atoms with E-state index in [9.17, 15) is 18.0 Å². The van der Waals surface area contributed by atoms with Crippen LogP contribution in [0.4, 0.5) is 13.2 Å². The van der Waals surface area contributed by atoms with E-state index in [4.69, 9.17) is 5.73 Å². The summed E-state index contributed by atoms with van der Waals surface area (Å²) in [5.74, 6) is -0.333. The molecule has 3 rings (SSSR count). The maximum atomic E-state index is 11.7. The lowest BCUT2D eigenvalue weighted by Gasteiger charge is -2.09. The number of pyridine rings is 2. The molecule has 1 amide bonds. The first-order valence-electron chi connectivity index (χ1n) is 7.09. The second kappa shape index (κ2) is 7.65. The van der Waals surface area contributed by atoms with Crippen molar-refractivity contribution in [1.29, 1.82) is 0 Å². The van der Waals surface area contributed by atoms with E-state index in [1.807, 2.05) is 6.07 Å². The summed E-state index contributed by atoms with van der Waals surface area (Å²) < 4.78 is 39.7. The maximum Gasteiger partial charge on any atom is 0.422 e. The largest absolute Gasteiger partial charge is 0.482 e. The monoisotopic (exact) mass is 352 g/mol. The van der Waals surface area contributed by atoms with Crippen LogP contribution in [-0.2, 0) is 0 Å². The van der Waals surface area contributed by atoms with Crippen molar-refractivity contribution in [3.8, 4) is 5.75 Å². The molecule has 0 atom stereocenters. The molecule has 0 fully saturated rings. The van der Waals surface area contributed by atoms with E-state index in [2.05, 4.69) is 19.7 Å². The number of nitrogens with one attached hydrogen (secondary N) is 1. The summed E-state index contributed by atoms with van der Waals surface area (Å²) in [4.78, 5) is 21.3. The second-order valence-electron chi connectivity index (χ2n) is 5.03. The van der Waals surface area contributed by atoms with Gasteiger partial charge in [-0.3, -0.25) is 14.8 Å². The highest BCUT2D eigenvalue weighted by molar-refractivity contribution is 6.04. The minimum Gasteiger partial charge on any atom is -0.482 e. The summed E-state index contributed by atoms with van der Waals surface area (Å²) in [6.07, 6.45) is 3.53. The Balaban J connectivity index is 0.000000181. The third kappa shape index (κ3) is 5.20. The molecular weight excluding hydrogens is 337 g/mol. The lowest BCUT2D eigenvalue weighted by atomic mass is 10.2. The van der Waals surface area contributed by atoms with Gasteiger partial charge >= 0.3 is 6.18 Å². The second-order valence-corrected chi connectivity index (χ2v) is 5.03. The van der Waals surface area contributed by atoms with Crippen LogP contribution in [0, 0.1) is 6.92 Å². The molecule has 0 aliphatic heterocycles. The van der Waals surface area contributed by atoms with Gasteiger partial charge in [0, 0.05) is 35.6 Å². The number of rotatable bonds is 3. The number of aromatic nitrogens is 3. The number of primary amides is 1. The number of nitrogens with zero attached hydrogens (tertiary/aromatic N) is 2. The van der Waals surface area contributed by atoms with Crippen LogP contribution < -0.4 is 10.5 Å². The van der Waals surface area contributed by atoms with Crippen molar-refractivity contribution in [2.45, 2.75) is 13.1 Å². The van der Waals surface area contributed by atoms with Crippen molar-refractivity contribution in [3.05, 3.63) is 54.4 Å². The van der Waals surface area contributed by atoms with Crippen molar-refractivity contribution in [1.82, 2.24) is 15.0 Å². The van der Waals surface area contributed by atoms with Gasteiger partial charge in [-0.2, -0.15) is 13.2 Å². The first-order chi connectivity index (χ1) is 11.8. The number of aromatic amines is 1. The highest BCUT2D eigenvalue weighted by Crippen LogP contribution is 2.20. The summed E-state index contributed by atoms with van der Waals surface area (Å²) >= 11 is 0. The number of hydrogen-bond acceptors (Lipinski definition) is 4. The van der Waals surface area contributed by atoms with Crippen LogP contribution in [0.5, 0.6) is 5.75 Å². The van der Waals surface area contributed by atoms with Crippen molar-refractivity contribution in [3.63, 3.8) is 0 Å². The lowest BCUT2D eigenvalue weighted by Crippen LogP contribution is -2.19. The molecule has 9 heteroatoms. The van der Waals surface area contributed by atoms with E-state index in [1.165, 1.54) is 12.4 Å². The molecule has 0 saturated heterocycles. The molecule has 3 aromatic rings. The number of H-pyrrole nitrogens is 1. The van der Waals surface area contributed by atoms with Gasteiger partial charge in [0.15, 0.2) is 6.61 Å². The molecule has 25 heavy (non-hydrogen) atoms. The van der Waals surface area contributed by atoms with Gasteiger partial charge in [0.25, 0.3) is 5.91 Å². The molecule has 0 unspecified atom stereocenters. The van der Waals surface area contributed by atoms with Gasteiger partial charge in [0.2, 0.25) is 0 Å². The number of carbonyl (C=O) groups excluding carboxylic acids is 1. The molecule has 0 bridgehead atoms. The molecule has 0 aromatic carbocycles. The number of hydrogen-bond donors (Lipinski definition) is 2. The Bertz CT molecular complexity index is 862. The smallest absolute Gasteiger partial charge is 0.422 e. The summed E-state index contributed by atoms with van der Waals surface area (Å²) in [6.45, 7) is 0.382. The average Bonchev–Trinajstić information content (AvgIpc) is 3.02. The summed E-state index contributed by atoms with van der Waals surface area (Å²) in [5.41, 5.74) is 6.08. The molecule has 6 nitrogen and oxygen atoms in total. The average molecular weight is 352 g/mol. The summed E-state index contributed by atoms with van der Waals surface area (Å²) in [6, 6.07) is 3.41. The lowest BCUT2D eigenvalue weighted by molar-refractivity contribution is -0.153. The molecule has 0 saturated carbocycles. The van der Waals surface area contributed by atoms with Crippen LogP contribution in [0.25, 0.3) is 10.8 Å². The molecule has 3 aromatic heterocycles. The number of fused-ring (bicyclic) bond motifs is 1. The van der Waals surface area contributed by atoms with Crippen molar-refractivity contribution < 1.29 is 22.7 Å². The zero-order valence-corrected chi connectivity index (χ0v) is 13.2. The van der Waals surface area contributed by atoms with Gasteiger partial charge < -0.3 is 15.5 Å². The highest BCUT2D eigenvalue weighted by Gasteiger charge is 2.28. The number of amides is 1. The molecule has 0 aliphatic carbocycles. The van der Waals surface area contributed by atoms with Crippen molar-refractivity contribution >= 4 is 16.7 Å². The fraction of sp³-hybridized carbons (Fsp3) is 0.188.